The van der Waals surface area contributed by atoms with Crippen molar-refractivity contribution in [1.29, 1.82) is 0 Å². The van der Waals surface area contributed by atoms with Crippen molar-refractivity contribution in [2.75, 3.05) is 32.8 Å². The Morgan fingerprint density at radius 3 is 3.05 bits per heavy atom. The third kappa shape index (κ3) is 2.83. The third-order valence-electron chi connectivity index (χ3n) is 4.26. The van der Waals surface area contributed by atoms with Crippen LogP contribution in [0.4, 0.5) is 0 Å². The van der Waals surface area contributed by atoms with Crippen LogP contribution in [0.15, 0.2) is 10.7 Å². The number of oxazole rings is 1. The largest absolute Gasteiger partial charge is 0.449 e. The average molecular weight is 265 g/mol. The summed E-state index contributed by atoms with van der Waals surface area (Å²) in [4.78, 5) is 9.44. The molecule has 3 rings (SSSR count). The second kappa shape index (κ2) is 5.61. The number of aromatic nitrogens is 1. The molecule has 0 aromatic carbocycles. The molecule has 0 unspecified atom stereocenters. The Hall–Kier alpha value is -0.910. The highest BCUT2D eigenvalue weighted by Crippen LogP contribution is 2.24. The maximum atomic E-state index is 5.94. The first-order valence-corrected chi connectivity index (χ1v) is 7.25. The van der Waals surface area contributed by atoms with Crippen LogP contribution < -0.4 is 0 Å². The average Bonchev–Trinajstić information content (AvgIpc) is 2.84. The number of rotatable bonds is 3. The molecule has 1 aromatic rings. The zero-order valence-corrected chi connectivity index (χ0v) is 11.8. The lowest BCUT2D eigenvalue weighted by atomic mass is 9.98. The van der Waals surface area contributed by atoms with Crippen molar-refractivity contribution in [2.45, 2.75) is 39.0 Å². The molecule has 106 valence electrons. The summed E-state index contributed by atoms with van der Waals surface area (Å²) in [5.74, 6) is 0.749. The molecule has 0 spiro atoms. The van der Waals surface area contributed by atoms with Crippen molar-refractivity contribution in [1.82, 2.24) is 14.8 Å². The minimum Gasteiger partial charge on any atom is -0.449 e. The predicted octanol–water partition coefficient (Wildman–Crippen LogP) is 1.28. The molecule has 1 aromatic heterocycles. The van der Waals surface area contributed by atoms with Crippen LogP contribution >= 0.6 is 0 Å². The van der Waals surface area contributed by atoms with Crippen molar-refractivity contribution in [2.24, 2.45) is 0 Å². The van der Waals surface area contributed by atoms with Crippen LogP contribution in [0.3, 0.4) is 0 Å². The summed E-state index contributed by atoms with van der Waals surface area (Å²) in [6.07, 6.45) is 3.32. The number of aryl methyl sites for hydroxylation is 1. The fourth-order valence-electron chi connectivity index (χ4n) is 3.18. The molecule has 2 aliphatic heterocycles. The molecule has 5 nitrogen and oxygen atoms in total. The van der Waals surface area contributed by atoms with Gasteiger partial charge in [-0.2, -0.15) is 0 Å². The van der Waals surface area contributed by atoms with Crippen LogP contribution in [0.25, 0.3) is 0 Å². The molecule has 2 atom stereocenters. The number of likely N-dealkylation sites (tertiary alicyclic amines) is 1. The Balaban J connectivity index is 1.69. The summed E-state index contributed by atoms with van der Waals surface area (Å²) in [7, 11) is 0. The Morgan fingerprint density at radius 1 is 1.42 bits per heavy atom. The summed E-state index contributed by atoms with van der Waals surface area (Å²) < 4.78 is 11.2. The van der Waals surface area contributed by atoms with Gasteiger partial charge in [-0.3, -0.25) is 4.90 Å². The molecular formula is C14H23N3O2. The lowest BCUT2D eigenvalue weighted by Crippen LogP contribution is -2.59. The van der Waals surface area contributed by atoms with E-state index in [1.807, 2.05) is 6.92 Å². The number of hydrogen-bond donors (Lipinski definition) is 0. The molecule has 2 fully saturated rings. The van der Waals surface area contributed by atoms with Crippen LogP contribution in [0.1, 0.15) is 24.9 Å². The maximum Gasteiger partial charge on any atom is 0.191 e. The normalized spacial score (nSPS) is 29.4. The van der Waals surface area contributed by atoms with Gasteiger partial charge in [-0.1, -0.05) is 6.92 Å². The first-order valence-electron chi connectivity index (χ1n) is 7.25. The van der Waals surface area contributed by atoms with E-state index >= 15 is 0 Å². The first-order chi connectivity index (χ1) is 9.26. The summed E-state index contributed by atoms with van der Waals surface area (Å²) in [6, 6.07) is 0.499. The molecule has 3 heterocycles. The van der Waals surface area contributed by atoms with Crippen molar-refractivity contribution in [3.8, 4) is 0 Å². The Bertz CT molecular complexity index is 421. The van der Waals surface area contributed by atoms with Gasteiger partial charge in [0.1, 0.15) is 6.26 Å². The standard InChI is InChI=1S/C14H23N3O2/c1-3-16-5-4-14-13(9-16)17(6-7-18-14)8-12-10-19-11(2)15-12/h10,13-14H,3-9H2,1-2H3/t13-,14+/m0/s1. The summed E-state index contributed by atoms with van der Waals surface area (Å²) in [5.41, 5.74) is 1.03. The highest BCUT2D eigenvalue weighted by atomic mass is 16.5. The van der Waals surface area contributed by atoms with E-state index in [-0.39, 0.29) is 0 Å². The SMILES string of the molecule is CCN1CC[C@H]2OCCN(Cc3coc(C)n3)[C@H]2C1. The minimum atomic E-state index is 0.393. The van der Waals surface area contributed by atoms with Crippen LogP contribution in [-0.4, -0.2) is 59.7 Å². The van der Waals surface area contributed by atoms with Crippen molar-refractivity contribution >= 4 is 0 Å². The molecule has 0 radical (unpaired) electrons. The molecule has 0 aliphatic carbocycles. The van der Waals surface area contributed by atoms with Gasteiger partial charge in [-0.05, 0) is 13.0 Å². The quantitative estimate of drug-likeness (QED) is 0.823. The molecular weight excluding hydrogens is 242 g/mol. The van der Waals surface area contributed by atoms with Crippen LogP contribution in [0, 0.1) is 6.92 Å². The number of likely N-dealkylation sites (N-methyl/N-ethyl adjacent to an activating group) is 1. The molecule has 0 N–H and O–H groups in total. The van der Waals surface area contributed by atoms with Gasteiger partial charge in [-0.15, -0.1) is 0 Å². The van der Waals surface area contributed by atoms with Gasteiger partial charge in [0.15, 0.2) is 5.89 Å². The zero-order chi connectivity index (χ0) is 13.2. The fourth-order valence-corrected chi connectivity index (χ4v) is 3.18. The van der Waals surface area contributed by atoms with Crippen molar-refractivity contribution in [3.63, 3.8) is 0 Å². The van der Waals surface area contributed by atoms with Gasteiger partial charge in [0.05, 0.1) is 18.4 Å². The topological polar surface area (TPSA) is 41.7 Å². The number of nitrogens with zero attached hydrogens (tertiary/aromatic N) is 3. The molecule has 5 heteroatoms. The second-order valence-electron chi connectivity index (χ2n) is 5.49. The van der Waals surface area contributed by atoms with Gasteiger partial charge in [0.2, 0.25) is 0 Å². The van der Waals surface area contributed by atoms with Gasteiger partial charge in [-0.25, -0.2) is 4.98 Å². The van der Waals surface area contributed by atoms with Crippen LogP contribution in [0.5, 0.6) is 0 Å². The molecule has 2 saturated heterocycles. The third-order valence-corrected chi connectivity index (χ3v) is 4.26. The minimum absolute atomic E-state index is 0.393. The smallest absolute Gasteiger partial charge is 0.191 e. The summed E-state index contributed by atoms with van der Waals surface area (Å²) in [5, 5.41) is 0. The number of fused-ring (bicyclic) bond motifs is 1. The molecule has 0 bridgehead atoms. The van der Waals surface area contributed by atoms with E-state index in [9.17, 15) is 0 Å². The van der Waals surface area contributed by atoms with Gasteiger partial charge in [0.25, 0.3) is 0 Å². The molecule has 0 amide bonds. The van der Waals surface area contributed by atoms with Crippen molar-refractivity contribution in [3.05, 3.63) is 17.8 Å². The first kappa shape index (κ1) is 13.1. The van der Waals surface area contributed by atoms with Crippen LogP contribution in [-0.2, 0) is 11.3 Å². The monoisotopic (exact) mass is 265 g/mol. The lowest BCUT2D eigenvalue weighted by molar-refractivity contribution is -0.105. The highest BCUT2D eigenvalue weighted by Gasteiger charge is 2.36. The highest BCUT2D eigenvalue weighted by molar-refractivity contribution is 4.99. The maximum absolute atomic E-state index is 5.94. The van der Waals surface area contributed by atoms with E-state index in [1.165, 1.54) is 0 Å². The Kier molecular flexibility index (Phi) is 3.86. The predicted molar refractivity (Wildman–Crippen MR) is 71.9 cm³/mol. The fraction of sp³-hybridized carbons (Fsp3) is 0.786. The number of ether oxygens (including phenoxy) is 1. The van der Waals surface area contributed by atoms with Crippen LogP contribution in [0.2, 0.25) is 0 Å². The molecule has 0 saturated carbocycles. The lowest BCUT2D eigenvalue weighted by Gasteiger charge is -2.46. The Labute approximate surface area is 114 Å². The van der Waals surface area contributed by atoms with Gasteiger partial charge < -0.3 is 14.1 Å². The number of hydrogen-bond acceptors (Lipinski definition) is 5. The summed E-state index contributed by atoms with van der Waals surface area (Å²) >= 11 is 0. The summed E-state index contributed by atoms with van der Waals surface area (Å²) in [6.45, 7) is 10.2. The van der Waals surface area contributed by atoms with E-state index in [2.05, 4.69) is 21.7 Å². The van der Waals surface area contributed by atoms with Gasteiger partial charge >= 0.3 is 0 Å². The van der Waals surface area contributed by atoms with E-state index in [4.69, 9.17) is 9.15 Å². The van der Waals surface area contributed by atoms with E-state index in [0.29, 0.717) is 12.1 Å². The second-order valence-corrected chi connectivity index (χ2v) is 5.49. The molecule has 19 heavy (non-hydrogen) atoms. The zero-order valence-electron chi connectivity index (χ0n) is 11.8. The van der Waals surface area contributed by atoms with Crippen molar-refractivity contribution < 1.29 is 9.15 Å². The van der Waals surface area contributed by atoms with Gasteiger partial charge in [0, 0.05) is 39.1 Å². The van der Waals surface area contributed by atoms with E-state index < -0.39 is 0 Å². The Morgan fingerprint density at radius 2 is 2.32 bits per heavy atom. The molecule has 2 aliphatic rings. The van der Waals surface area contributed by atoms with E-state index in [1.54, 1.807) is 6.26 Å². The number of piperidine rings is 1. The van der Waals surface area contributed by atoms with E-state index in [0.717, 1.165) is 57.3 Å². The number of morpholine rings is 1.